The summed E-state index contributed by atoms with van der Waals surface area (Å²) in [5.74, 6) is 2.29. The summed E-state index contributed by atoms with van der Waals surface area (Å²) in [4.78, 5) is 12.4. The second kappa shape index (κ2) is 9.18. The Labute approximate surface area is 122 Å². The highest BCUT2D eigenvalue weighted by Crippen LogP contribution is 2.03. The molecule has 0 aliphatic heterocycles. The van der Waals surface area contributed by atoms with E-state index in [0.29, 0.717) is 11.8 Å². The van der Waals surface area contributed by atoms with Crippen LogP contribution < -0.4 is 0 Å². The van der Waals surface area contributed by atoms with Crippen molar-refractivity contribution in [3.8, 4) is 0 Å². The van der Waals surface area contributed by atoms with Gasteiger partial charge in [0, 0.05) is 30.7 Å². The molecule has 0 N–H and O–H groups in total. The van der Waals surface area contributed by atoms with Crippen LogP contribution in [0, 0.1) is 11.8 Å². The molecule has 0 bridgehead atoms. The first-order valence-corrected chi connectivity index (χ1v) is 7.23. The zero-order chi connectivity index (χ0) is 14.8. The molecule has 0 fully saturated rings. The molecule has 3 nitrogen and oxygen atoms in total. The third-order valence-corrected chi connectivity index (χ3v) is 2.55. The highest BCUT2D eigenvalue weighted by Gasteiger charge is 1.97. The van der Waals surface area contributed by atoms with Gasteiger partial charge < -0.3 is 0 Å². The minimum absolute atomic E-state index is 0.641. The van der Waals surface area contributed by atoms with Gasteiger partial charge in [-0.05, 0) is 36.5 Å². The average Bonchev–Trinajstić information content (AvgIpc) is 2.40. The summed E-state index contributed by atoms with van der Waals surface area (Å²) in [6.45, 7) is 8.73. The van der Waals surface area contributed by atoms with E-state index in [4.69, 9.17) is 0 Å². The van der Waals surface area contributed by atoms with Gasteiger partial charge in [0.1, 0.15) is 5.82 Å². The van der Waals surface area contributed by atoms with E-state index in [1.807, 2.05) is 24.4 Å². The normalized spacial score (nSPS) is 10.3. The number of hydrogen-bond acceptors (Lipinski definition) is 3. The summed E-state index contributed by atoms with van der Waals surface area (Å²) >= 11 is 0. The Morgan fingerprint density at radius 3 is 1.85 bits per heavy atom. The molecule has 20 heavy (non-hydrogen) atoms. The molecule has 2 aromatic heterocycles. The summed E-state index contributed by atoms with van der Waals surface area (Å²) in [6, 6.07) is 7.89. The van der Waals surface area contributed by atoms with E-state index in [9.17, 15) is 0 Å². The molecule has 0 radical (unpaired) electrons. The van der Waals surface area contributed by atoms with Gasteiger partial charge in [-0.25, -0.2) is 9.97 Å². The quantitative estimate of drug-likeness (QED) is 0.845. The number of aromatic nitrogens is 3. The Hall–Kier alpha value is -1.77. The summed E-state index contributed by atoms with van der Waals surface area (Å²) < 4.78 is 0. The highest BCUT2D eigenvalue weighted by molar-refractivity contribution is 5.03. The molecule has 0 aliphatic rings. The van der Waals surface area contributed by atoms with E-state index >= 15 is 0 Å². The first-order valence-electron chi connectivity index (χ1n) is 7.23. The van der Waals surface area contributed by atoms with Crippen molar-refractivity contribution in [3.63, 3.8) is 0 Å². The predicted octanol–water partition coefficient (Wildman–Crippen LogP) is 3.96. The van der Waals surface area contributed by atoms with Gasteiger partial charge in [0.25, 0.3) is 0 Å². The Morgan fingerprint density at radius 2 is 1.35 bits per heavy atom. The largest absolute Gasteiger partial charge is 0.261 e. The minimum Gasteiger partial charge on any atom is -0.261 e. The zero-order valence-electron chi connectivity index (χ0n) is 13.0. The van der Waals surface area contributed by atoms with Crippen LogP contribution in [0.1, 0.15) is 39.2 Å². The maximum atomic E-state index is 4.22. The molecule has 2 heterocycles. The summed E-state index contributed by atoms with van der Waals surface area (Å²) in [7, 11) is 0. The molecule has 0 spiro atoms. The third-order valence-electron chi connectivity index (χ3n) is 2.55. The van der Waals surface area contributed by atoms with Crippen LogP contribution in [0.3, 0.4) is 0 Å². The average molecular weight is 271 g/mol. The van der Waals surface area contributed by atoms with Crippen molar-refractivity contribution in [2.45, 2.75) is 40.5 Å². The van der Waals surface area contributed by atoms with Crippen LogP contribution in [-0.4, -0.2) is 15.0 Å². The van der Waals surface area contributed by atoms with Crippen molar-refractivity contribution in [2.24, 2.45) is 11.8 Å². The Bertz CT molecular complexity index is 407. The van der Waals surface area contributed by atoms with E-state index in [1.54, 1.807) is 12.4 Å². The van der Waals surface area contributed by atoms with Crippen LogP contribution in [0.25, 0.3) is 0 Å². The van der Waals surface area contributed by atoms with Gasteiger partial charge in [-0.3, -0.25) is 4.98 Å². The molecule has 0 atom stereocenters. The van der Waals surface area contributed by atoms with Crippen molar-refractivity contribution in [1.82, 2.24) is 15.0 Å². The number of nitrogens with zero attached hydrogens (tertiary/aromatic N) is 3. The van der Waals surface area contributed by atoms with E-state index in [0.717, 1.165) is 18.7 Å². The lowest BCUT2D eigenvalue weighted by Crippen LogP contribution is -1.98. The molecule has 0 amide bonds. The van der Waals surface area contributed by atoms with Crippen molar-refractivity contribution in [3.05, 3.63) is 54.4 Å². The van der Waals surface area contributed by atoms with Gasteiger partial charge in [-0.2, -0.15) is 0 Å². The third kappa shape index (κ3) is 7.62. The molecule has 0 saturated carbocycles. The SMILES string of the molecule is CC(C)Cc1ccccn1.CC(C)Cc1ncccn1. The fourth-order valence-corrected chi connectivity index (χ4v) is 1.74. The summed E-state index contributed by atoms with van der Waals surface area (Å²) in [5.41, 5.74) is 1.19. The lowest BCUT2D eigenvalue weighted by Gasteiger charge is -2.01. The number of rotatable bonds is 4. The first-order chi connectivity index (χ1) is 9.58. The van der Waals surface area contributed by atoms with Crippen LogP contribution in [0.15, 0.2) is 42.9 Å². The molecule has 2 rings (SSSR count). The highest BCUT2D eigenvalue weighted by atomic mass is 14.8. The minimum atomic E-state index is 0.641. The summed E-state index contributed by atoms with van der Waals surface area (Å²) in [5, 5.41) is 0. The second-order valence-corrected chi connectivity index (χ2v) is 5.68. The van der Waals surface area contributed by atoms with E-state index in [2.05, 4.69) is 48.7 Å². The summed E-state index contributed by atoms with van der Waals surface area (Å²) in [6.07, 6.45) is 7.47. The van der Waals surface area contributed by atoms with Crippen molar-refractivity contribution < 1.29 is 0 Å². The standard InChI is InChI=1S/C9H13N.C8H12N2/c1-8(2)7-9-5-3-4-6-10-9;1-7(2)6-8-9-4-3-5-10-8/h3-6,8H,7H2,1-2H3;3-5,7H,6H2,1-2H3. The molecule has 0 aromatic carbocycles. The maximum absolute atomic E-state index is 4.22. The molecule has 3 heteroatoms. The maximum Gasteiger partial charge on any atom is 0.128 e. The van der Waals surface area contributed by atoms with Crippen LogP contribution in [0.5, 0.6) is 0 Å². The Balaban J connectivity index is 0.000000200. The van der Waals surface area contributed by atoms with Gasteiger partial charge in [-0.1, -0.05) is 33.8 Å². The van der Waals surface area contributed by atoms with E-state index in [-0.39, 0.29) is 0 Å². The van der Waals surface area contributed by atoms with Crippen molar-refractivity contribution in [1.29, 1.82) is 0 Å². The Morgan fingerprint density at radius 1 is 0.750 bits per heavy atom. The van der Waals surface area contributed by atoms with Gasteiger partial charge in [0.2, 0.25) is 0 Å². The first kappa shape index (κ1) is 16.3. The van der Waals surface area contributed by atoms with Gasteiger partial charge in [0.15, 0.2) is 0 Å². The number of hydrogen-bond donors (Lipinski definition) is 0. The van der Waals surface area contributed by atoms with Crippen LogP contribution >= 0.6 is 0 Å². The van der Waals surface area contributed by atoms with Crippen LogP contribution in [0.4, 0.5) is 0 Å². The van der Waals surface area contributed by atoms with Gasteiger partial charge in [-0.15, -0.1) is 0 Å². The fraction of sp³-hybridized carbons (Fsp3) is 0.471. The van der Waals surface area contributed by atoms with Crippen LogP contribution in [0.2, 0.25) is 0 Å². The molecule has 0 saturated heterocycles. The topological polar surface area (TPSA) is 38.7 Å². The molecular weight excluding hydrogens is 246 g/mol. The van der Waals surface area contributed by atoms with Crippen LogP contribution in [-0.2, 0) is 12.8 Å². The van der Waals surface area contributed by atoms with Crippen molar-refractivity contribution >= 4 is 0 Å². The smallest absolute Gasteiger partial charge is 0.128 e. The molecule has 108 valence electrons. The molecular formula is C17H25N3. The van der Waals surface area contributed by atoms with Crippen molar-refractivity contribution in [2.75, 3.05) is 0 Å². The van der Waals surface area contributed by atoms with E-state index in [1.165, 1.54) is 5.69 Å². The second-order valence-electron chi connectivity index (χ2n) is 5.68. The van der Waals surface area contributed by atoms with Gasteiger partial charge in [0.05, 0.1) is 0 Å². The van der Waals surface area contributed by atoms with Gasteiger partial charge >= 0.3 is 0 Å². The van der Waals surface area contributed by atoms with E-state index < -0.39 is 0 Å². The molecule has 0 unspecified atom stereocenters. The fourth-order valence-electron chi connectivity index (χ4n) is 1.74. The number of pyridine rings is 1. The lowest BCUT2D eigenvalue weighted by atomic mass is 10.1. The zero-order valence-corrected chi connectivity index (χ0v) is 13.0. The lowest BCUT2D eigenvalue weighted by molar-refractivity contribution is 0.620. The molecule has 2 aromatic rings. The molecule has 0 aliphatic carbocycles. The monoisotopic (exact) mass is 271 g/mol. The predicted molar refractivity (Wildman–Crippen MR) is 83.4 cm³/mol. The Kier molecular flexibility index (Phi) is 7.48.